The lowest BCUT2D eigenvalue weighted by atomic mass is 9.82. The predicted molar refractivity (Wildman–Crippen MR) is 84.3 cm³/mol. The first-order valence-electron chi connectivity index (χ1n) is 7.09. The minimum atomic E-state index is 0.0196. The molecule has 0 aliphatic rings. The topological polar surface area (TPSA) is 59.9 Å². The molecule has 0 aromatic carbocycles. The maximum absolute atomic E-state index is 8.77. The van der Waals surface area contributed by atoms with Crippen LogP contribution < -0.4 is 0 Å². The van der Waals surface area contributed by atoms with Crippen LogP contribution in [0.4, 0.5) is 0 Å². The molecule has 0 radical (unpaired) electrons. The van der Waals surface area contributed by atoms with Gasteiger partial charge in [-0.3, -0.25) is 4.99 Å². The van der Waals surface area contributed by atoms with Crippen LogP contribution in [0.5, 0.6) is 0 Å². The third kappa shape index (κ3) is 9.11. The van der Waals surface area contributed by atoms with Gasteiger partial charge in [-0.15, -0.1) is 0 Å². The van der Waals surface area contributed by atoms with Crippen molar-refractivity contribution >= 4 is 5.71 Å². The van der Waals surface area contributed by atoms with E-state index in [4.69, 9.17) is 10.5 Å². The fraction of sp³-hybridized carbons (Fsp3) is 0.588. The van der Waals surface area contributed by atoms with E-state index < -0.39 is 0 Å². The van der Waals surface area contributed by atoms with Gasteiger partial charge in [-0.25, -0.2) is 0 Å². The summed E-state index contributed by atoms with van der Waals surface area (Å²) in [6.07, 6.45) is 10.4. The van der Waals surface area contributed by atoms with E-state index in [-0.39, 0.29) is 5.41 Å². The summed E-state index contributed by atoms with van der Waals surface area (Å²) >= 11 is 0. The number of allylic oxidation sites excluding steroid dienone is 3. The molecule has 0 aliphatic carbocycles. The van der Waals surface area contributed by atoms with Crippen LogP contribution in [0.2, 0.25) is 0 Å². The lowest BCUT2D eigenvalue weighted by Gasteiger charge is -2.25. The van der Waals surface area contributed by atoms with Crippen molar-refractivity contribution in [3.63, 3.8) is 0 Å². The Labute approximate surface area is 123 Å². The van der Waals surface area contributed by atoms with Crippen LogP contribution in [0.1, 0.15) is 52.4 Å². The molecule has 108 valence electrons. The molecule has 0 aromatic rings. The molecule has 1 unspecified atom stereocenters. The molecule has 0 fully saturated rings. The summed E-state index contributed by atoms with van der Waals surface area (Å²) in [7, 11) is 0. The molecule has 0 saturated heterocycles. The summed E-state index contributed by atoms with van der Waals surface area (Å²) in [6, 6.07) is 4.36. The van der Waals surface area contributed by atoms with Crippen LogP contribution >= 0.6 is 0 Å². The largest absolute Gasteiger partial charge is 0.294 e. The van der Waals surface area contributed by atoms with Crippen molar-refractivity contribution in [3.05, 3.63) is 24.8 Å². The highest BCUT2D eigenvalue weighted by atomic mass is 14.8. The van der Waals surface area contributed by atoms with Gasteiger partial charge >= 0.3 is 0 Å². The van der Waals surface area contributed by atoms with Gasteiger partial charge in [-0.1, -0.05) is 31.7 Å². The molecule has 20 heavy (non-hydrogen) atoms. The number of hydrogen-bond acceptors (Lipinski definition) is 3. The zero-order valence-electron chi connectivity index (χ0n) is 12.7. The molecule has 0 aromatic heterocycles. The molecule has 3 nitrogen and oxygen atoms in total. The van der Waals surface area contributed by atoms with E-state index >= 15 is 0 Å². The van der Waals surface area contributed by atoms with Gasteiger partial charge in [0.05, 0.1) is 12.1 Å². The summed E-state index contributed by atoms with van der Waals surface area (Å²) < 4.78 is 0. The molecule has 0 amide bonds. The first-order chi connectivity index (χ1) is 9.58. The molecule has 0 rings (SSSR count). The molecule has 0 aliphatic heterocycles. The van der Waals surface area contributed by atoms with Crippen LogP contribution in [-0.4, -0.2) is 12.3 Å². The monoisotopic (exact) mass is 271 g/mol. The summed E-state index contributed by atoms with van der Waals surface area (Å²) in [5, 5.41) is 17.3. The van der Waals surface area contributed by atoms with E-state index in [1.54, 1.807) is 6.08 Å². The van der Waals surface area contributed by atoms with Gasteiger partial charge in [0, 0.05) is 25.1 Å². The highest BCUT2D eigenvalue weighted by Crippen LogP contribution is 2.28. The van der Waals surface area contributed by atoms with Crippen LogP contribution in [0.3, 0.4) is 0 Å². The quantitative estimate of drug-likeness (QED) is 0.331. The molecule has 1 atom stereocenters. The summed E-state index contributed by atoms with van der Waals surface area (Å²) in [5.41, 5.74) is 1.11. The fourth-order valence-corrected chi connectivity index (χ4v) is 1.88. The van der Waals surface area contributed by atoms with Crippen LogP contribution in [0.15, 0.2) is 29.8 Å². The van der Waals surface area contributed by atoms with E-state index in [0.29, 0.717) is 12.8 Å². The van der Waals surface area contributed by atoms with Gasteiger partial charge < -0.3 is 0 Å². The normalized spacial score (nSPS) is 14.5. The lowest BCUT2D eigenvalue weighted by Crippen LogP contribution is -2.20. The fourth-order valence-electron chi connectivity index (χ4n) is 1.88. The van der Waals surface area contributed by atoms with Crippen molar-refractivity contribution in [2.75, 3.05) is 6.54 Å². The van der Waals surface area contributed by atoms with E-state index in [9.17, 15) is 0 Å². The zero-order chi connectivity index (χ0) is 15.3. The Kier molecular flexibility index (Phi) is 9.97. The standard InChI is InChI=1S/C17H25N3/c1-4-5-7-11-17(3,12-9-14-19)15-20-16(2)10-6-8-13-18/h4-5,7H,1,6,8-12,15H2,2-3H3/b7-5-,20-16?. The molecule has 0 N–H and O–H groups in total. The molecular weight excluding hydrogens is 246 g/mol. The number of unbranched alkanes of at least 4 members (excludes halogenated alkanes) is 1. The maximum atomic E-state index is 8.77. The summed E-state index contributed by atoms with van der Waals surface area (Å²) in [5.74, 6) is 0. The Balaban J connectivity index is 4.51. The second-order valence-electron chi connectivity index (χ2n) is 5.40. The highest BCUT2D eigenvalue weighted by molar-refractivity contribution is 5.81. The first kappa shape index (κ1) is 18.1. The molecule has 3 heteroatoms. The zero-order valence-corrected chi connectivity index (χ0v) is 12.7. The van der Waals surface area contributed by atoms with Gasteiger partial charge in [0.2, 0.25) is 0 Å². The average molecular weight is 271 g/mol. The first-order valence-corrected chi connectivity index (χ1v) is 7.09. The van der Waals surface area contributed by atoms with Crippen molar-refractivity contribution in [2.24, 2.45) is 10.4 Å². The van der Waals surface area contributed by atoms with E-state index in [2.05, 4.69) is 36.7 Å². The second kappa shape index (κ2) is 11.0. The van der Waals surface area contributed by atoms with Crippen LogP contribution in [-0.2, 0) is 0 Å². The maximum Gasteiger partial charge on any atom is 0.0621 e. The van der Waals surface area contributed by atoms with Crippen molar-refractivity contribution < 1.29 is 0 Å². The molecule has 0 saturated carbocycles. The molecule has 0 bridgehead atoms. The van der Waals surface area contributed by atoms with Crippen molar-refractivity contribution in [1.82, 2.24) is 0 Å². The number of rotatable bonds is 10. The Morgan fingerprint density at radius 2 is 2.00 bits per heavy atom. The minimum absolute atomic E-state index is 0.0196. The van der Waals surface area contributed by atoms with E-state index in [1.807, 2.05) is 13.0 Å². The number of hydrogen-bond donors (Lipinski definition) is 0. The molecule has 0 spiro atoms. The number of nitrogens with zero attached hydrogens (tertiary/aromatic N) is 3. The summed E-state index contributed by atoms with van der Waals surface area (Å²) in [6.45, 7) is 8.58. The predicted octanol–water partition coefficient (Wildman–Crippen LogP) is 4.58. The number of aliphatic imine (C=N–C) groups is 1. The van der Waals surface area contributed by atoms with E-state index in [1.165, 1.54) is 0 Å². The van der Waals surface area contributed by atoms with Gasteiger partial charge in [0.1, 0.15) is 0 Å². The van der Waals surface area contributed by atoms with Crippen molar-refractivity contribution in [1.29, 1.82) is 10.5 Å². The minimum Gasteiger partial charge on any atom is -0.294 e. The third-order valence-electron chi connectivity index (χ3n) is 3.28. The van der Waals surface area contributed by atoms with Crippen LogP contribution in [0.25, 0.3) is 0 Å². The Hall–Kier alpha value is -1.87. The van der Waals surface area contributed by atoms with E-state index in [0.717, 1.165) is 37.9 Å². The second-order valence-corrected chi connectivity index (χ2v) is 5.40. The lowest BCUT2D eigenvalue weighted by molar-refractivity contribution is 0.317. The molecule has 0 heterocycles. The molecular formula is C17H25N3. The Bertz CT molecular complexity index is 420. The SMILES string of the molecule is C=C/C=C\CC(C)(CCC#N)CN=C(C)CCCC#N. The van der Waals surface area contributed by atoms with Gasteiger partial charge in [0.15, 0.2) is 0 Å². The highest BCUT2D eigenvalue weighted by Gasteiger charge is 2.22. The number of nitriles is 2. The van der Waals surface area contributed by atoms with Crippen molar-refractivity contribution in [3.8, 4) is 12.1 Å². The Morgan fingerprint density at radius 3 is 2.60 bits per heavy atom. The average Bonchev–Trinajstić information content (AvgIpc) is 2.44. The van der Waals surface area contributed by atoms with Gasteiger partial charge in [-0.05, 0) is 38.0 Å². The smallest absolute Gasteiger partial charge is 0.0621 e. The van der Waals surface area contributed by atoms with Gasteiger partial charge in [-0.2, -0.15) is 10.5 Å². The van der Waals surface area contributed by atoms with Crippen LogP contribution in [0, 0.1) is 28.1 Å². The van der Waals surface area contributed by atoms with Crippen molar-refractivity contribution in [2.45, 2.75) is 52.4 Å². The van der Waals surface area contributed by atoms with Gasteiger partial charge in [0.25, 0.3) is 0 Å². The third-order valence-corrected chi connectivity index (χ3v) is 3.28. The summed E-state index contributed by atoms with van der Waals surface area (Å²) in [4.78, 5) is 4.64. The Morgan fingerprint density at radius 1 is 1.30 bits per heavy atom.